The van der Waals surface area contributed by atoms with Crippen LogP contribution in [0.2, 0.25) is 0 Å². The van der Waals surface area contributed by atoms with Crippen LogP contribution in [-0.2, 0) is 6.18 Å². The highest BCUT2D eigenvalue weighted by Crippen LogP contribution is 2.34. The van der Waals surface area contributed by atoms with Crippen LogP contribution in [0.3, 0.4) is 0 Å². The Bertz CT molecular complexity index is 1130. The zero-order valence-corrected chi connectivity index (χ0v) is 13.4. The van der Waals surface area contributed by atoms with Gasteiger partial charge in [-0.3, -0.25) is 9.78 Å². The smallest absolute Gasteiger partial charge is 0.298 e. The summed E-state index contributed by atoms with van der Waals surface area (Å²) in [6.45, 7) is 0. The minimum Gasteiger partial charge on any atom is -0.298 e. The molecule has 1 aromatic heterocycles. The number of halogens is 3. The number of aromatic nitrogens is 1. The summed E-state index contributed by atoms with van der Waals surface area (Å²) in [6.07, 6.45) is -1.99. The molecule has 26 heavy (non-hydrogen) atoms. The van der Waals surface area contributed by atoms with E-state index in [9.17, 15) is 18.0 Å². The van der Waals surface area contributed by atoms with Crippen LogP contribution in [0.4, 0.5) is 13.2 Å². The van der Waals surface area contributed by atoms with Gasteiger partial charge in [0.05, 0.1) is 11.3 Å². The Kier molecular flexibility index (Phi) is 3.72. The van der Waals surface area contributed by atoms with Gasteiger partial charge in [0.15, 0.2) is 6.29 Å². The number of aldehydes is 1. The largest absolute Gasteiger partial charge is 0.416 e. The molecule has 0 fully saturated rings. The van der Waals surface area contributed by atoms with E-state index in [1.54, 1.807) is 42.6 Å². The normalized spacial score (nSPS) is 11.8. The third kappa shape index (κ3) is 2.81. The van der Waals surface area contributed by atoms with E-state index < -0.39 is 11.7 Å². The second kappa shape index (κ2) is 5.95. The van der Waals surface area contributed by atoms with Gasteiger partial charge in [-0.25, -0.2) is 0 Å². The number of pyridine rings is 1. The fourth-order valence-electron chi connectivity index (χ4n) is 3.08. The first-order chi connectivity index (χ1) is 12.5. The van der Waals surface area contributed by atoms with Crippen LogP contribution >= 0.6 is 0 Å². The minimum absolute atomic E-state index is 0.488. The molecular weight excluding hydrogens is 339 g/mol. The van der Waals surface area contributed by atoms with Gasteiger partial charge in [-0.15, -0.1) is 0 Å². The van der Waals surface area contributed by atoms with Crippen LogP contribution in [-0.4, -0.2) is 11.3 Å². The van der Waals surface area contributed by atoms with E-state index in [4.69, 9.17) is 0 Å². The molecule has 0 saturated heterocycles. The first kappa shape index (κ1) is 16.3. The lowest BCUT2D eigenvalue weighted by atomic mass is 9.96. The van der Waals surface area contributed by atoms with Crippen molar-refractivity contribution in [3.8, 4) is 11.3 Å². The molecule has 1 heterocycles. The number of alkyl halides is 3. The maximum Gasteiger partial charge on any atom is 0.416 e. The fraction of sp³-hybridized carbons (Fsp3) is 0.0476. The predicted molar refractivity (Wildman–Crippen MR) is 95.1 cm³/mol. The lowest BCUT2D eigenvalue weighted by Crippen LogP contribution is -2.04. The molecule has 0 amide bonds. The van der Waals surface area contributed by atoms with Gasteiger partial charge in [0.1, 0.15) is 0 Å². The van der Waals surface area contributed by atoms with Crippen molar-refractivity contribution in [1.82, 2.24) is 4.98 Å². The molecule has 128 valence electrons. The molecule has 4 rings (SSSR count). The van der Waals surface area contributed by atoms with Crippen LogP contribution in [0, 0.1) is 0 Å². The molecule has 0 aliphatic carbocycles. The summed E-state index contributed by atoms with van der Waals surface area (Å²) in [7, 11) is 0. The lowest BCUT2D eigenvalue weighted by molar-refractivity contribution is -0.137. The number of carbonyl (C=O) groups excluding carboxylic acids is 1. The number of fused-ring (bicyclic) bond motifs is 2. The lowest BCUT2D eigenvalue weighted by Gasteiger charge is -2.11. The first-order valence-electron chi connectivity index (χ1n) is 7.91. The van der Waals surface area contributed by atoms with Gasteiger partial charge in [0.25, 0.3) is 0 Å². The first-order valence-corrected chi connectivity index (χ1v) is 7.91. The molecule has 0 bridgehead atoms. The topological polar surface area (TPSA) is 30.0 Å². The van der Waals surface area contributed by atoms with Crippen LogP contribution in [0.25, 0.3) is 32.8 Å². The molecule has 0 saturated carbocycles. The second-order valence-corrected chi connectivity index (χ2v) is 6.03. The molecule has 0 atom stereocenters. The molecule has 0 unspecified atom stereocenters. The summed E-state index contributed by atoms with van der Waals surface area (Å²) in [4.78, 5) is 15.8. The number of benzene rings is 3. The van der Waals surface area contributed by atoms with E-state index in [0.29, 0.717) is 27.6 Å². The van der Waals surface area contributed by atoms with Crippen molar-refractivity contribution < 1.29 is 18.0 Å². The Morgan fingerprint density at radius 2 is 1.54 bits per heavy atom. The Hall–Kier alpha value is -3.21. The van der Waals surface area contributed by atoms with Crippen molar-refractivity contribution in [2.45, 2.75) is 6.18 Å². The van der Waals surface area contributed by atoms with Crippen molar-refractivity contribution in [2.24, 2.45) is 0 Å². The minimum atomic E-state index is -4.39. The van der Waals surface area contributed by atoms with Gasteiger partial charge >= 0.3 is 6.18 Å². The van der Waals surface area contributed by atoms with Gasteiger partial charge < -0.3 is 0 Å². The zero-order valence-electron chi connectivity index (χ0n) is 13.4. The SMILES string of the molecule is O=Cc1cc2cc3ccc(C(F)(F)F)cc3cc2cc1-c1ccccn1. The summed E-state index contributed by atoms with van der Waals surface area (Å²) in [5.74, 6) is 0. The van der Waals surface area contributed by atoms with E-state index >= 15 is 0 Å². The van der Waals surface area contributed by atoms with Crippen molar-refractivity contribution in [3.05, 3.63) is 78.0 Å². The number of hydrogen-bond donors (Lipinski definition) is 0. The second-order valence-electron chi connectivity index (χ2n) is 6.03. The van der Waals surface area contributed by atoms with Gasteiger partial charge in [-0.2, -0.15) is 13.2 Å². The summed E-state index contributed by atoms with van der Waals surface area (Å²) < 4.78 is 38.9. The summed E-state index contributed by atoms with van der Waals surface area (Å²) in [6, 6.07) is 16.1. The molecule has 0 spiro atoms. The number of nitrogens with zero attached hydrogens (tertiary/aromatic N) is 1. The molecule has 0 aliphatic heterocycles. The Morgan fingerprint density at radius 1 is 0.808 bits per heavy atom. The zero-order chi connectivity index (χ0) is 18.3. The fourth-order valence-corrected chi connectivity index (χ4v) is 3.08. The maximum absolute atomic E-state index is 13.0. The van der Waals surface area contributed by atoms with Crippen molar-refractivity contribution >= 4 is 27.8 Å². The van der Waals surface area contributed by atoms with E-state index in [2.05, 4.69) is 4.98 Å². The van der Waals surface area contributed by atoms with Crippen molar-refractivity contribution in [3.63, 3.8) is 0 Å². The van der Waals surface area contributed by atoms with E-state index in [1.807, 2.05) is 6.07 Å². The van der Waals surface area contributed by atoms with Gasteiger partial charge in [-0.05, 0) is 70.1 Å². The van der Waals surface area contributed by atoms with Crippen LogP contribution in [0.15, 0.2) is 66.9 Å². The van der Waals surface area contributed by atoms with Crippen molar-refractivity contribution in [1.29, 1.82) is 0 Å². The molecule has 5 heteroatoms. The van der Waals surface area contributed by atoms with Gasteiger partial charge in [-0.1, -0.05) is 12.1 Å². The Labute approximate surface area is 146 Å². The third-order valence-electron chi connectivity index (χ3n) is 4.36. The number of rotatable bonds is 2. The van der Waals surface area contributed by atoms with Gasteiger partial charge in [0.2, 0.25) is 0 Å². The quantitative estimate of drug-likeness (QED) is 0.333. The highest BCUT2D eigenvalue weighted by atomic mass is 19.4. The molecular formula is C21H12F3NO. The highest BCUT2D eigenvalue weighted by molar-refractivity contribution is 6.03. The van der Waals surface area contributed by atoms with Crippen LogP contribution < -0.4 is 0 Å². The average molecular weight is 351 g/mol. The van der Waals surface area contributed by atoms with Crippen LogP contribution in [0.1, 0.15) is 15.9 Å². The van der Waals surface area contributed by atoms with Gasteiger partial charge in [0, 0.05) is 17.3 Å². The van der Waals surface area contributed by atoms with Crippen LogP contribution in [0.5, 0.6) is 0 Å². The molecule has 0 N–H and O–H groups in total. The third-order valence-corrected chi connectivity index (χ3v) is 4.36. The highest BCUT2D eigenvalue weighted by Gasteiger charge is 2.30. The molecule has 2 nitrogen and oxygen atoms in total. The monoisotopic (exact) mass is 351 g/mol. The number of hydrogen-bond acceptors (Lipinski definition) is 2. The van der Waals surface area contributed by atoms with Crippen molar-refractivity contribution in [2.75, 3.05) is 0 Å². The molecule has 0 aliphatic rings. The average Bonchev–Trinajstić information content (AvgIpc) is 2.64. The van der Waals surface area contributed by atoms with E-state index in [-0.39, 0.29) is 0 Å². The summed E-state index contributed by atoms with van der Waals surface area (Å²) in [5.41, 5.74) is 1.10. The predicted octanol–water partition coefficient (Wildman–Crippen LogP) is 5.89. The Morgan fingerprint density at radius 3 is 2.23 bits per heavy atom. The van der Waals surface area contributed by atoms with E-state index in [1.165, 1.54) is 6.07 Å². The summed E-state index contributed by atoms with van der Waals surface area (Å²) in [5, 5.41) is 2.73. The Balaban J connectivity index is 1.98. The standard InChI is InChI=1S/C21H12F3NO/c22-21(23,24)18-5-4-13-7-14-9-17(12-26)19(20-3-1-2-6-25-20)11-16(14)8-15(13)10-18/h1-12H. The van der Waals surface area contributed by atoms with E-state index in [0.717, 1.165) is 29.2 Å². The molecule has 3 aromatic carbocycles. The maximum atomic E-state index is 13.0. The molecule has 0 radical (unpaired) electrons. The number of carbonyl (C=O) groups is 1. The molecule has 4 aromatic rings. The summed E-state index contributed by atoms with van der Waals surface area (Å²) >= 11 is 0.